The molecule has 0 aliphatic heterocycles. The number of benzene rings is 2. The fraction of sp³-hybridized carbons (Fsp3) is 0.111. The number of nitrogens with zero attached hydrogens (tertiary/aromatic N) is 2. The molecule has 15 heteroatoms. The monoisotopic (exact) mass is 497 g/mol. The summed E-state index contributed by atoms with van der Waals surface area (Å²) in [5.41, 5.74) is 4.88. The summed E-state index contributed by atoms with van der Waals surface area (Å²) in [4.78, 5) is 22.2. The van der Waals surface area contributed by atoms with E-state index in [-0.39, 0.29) is 32.9 Å². The molecule has 3 rings (SSSR count). The van der Waals surface area contributed by atoms with Crippen molar-refractivity contribution in [2.45, 2.75) is 18.2 Å². The molecule has 0 aliphatic rings. The molecule has 0 atom stereocenters. The molecule has 2 aromatic carbocycles. The number of anilines is 3. The largest absolute Gasteiger partial charge is 0.317 e. The maximum absolute atomic E-state index is 12.9. The molecule has 0 fully saturated rings. The predicted molar refractivity (Wildman–Crippen MR) is 118 cm³/mol. The molecule has 33 heavy (non-hydrogen) atoms. The van der Waals surface area contributed by atoms with E-state index in [2.05, 4.69) is 25.7 Å². The fourth-order valence-corrected chi connectivity index (χ4v) is 3.93. The number of carbonyl (C=O) groups excluding carboxylic acids is 2. The van der Waals surface area contributed by atoms with Crippen molar-refractivity contribution in [2.75, 3.05) is 15.5 Å². The van der Waals surface area contributed by atoms with Crippen molar-refractivity contribution >= 4 is 51.4 Å². The highest BCUT2D eigenvalue weighted by Gasteiger charge is 2.18. The SMILES string of the molecule is CC(=O)Nc1n[nH]c(=S)n1-c1cccc(S(=O)(=O)Nc2ccc(NNC(=O)C(F)F)cc2)c1. The average Bonchev–Trinajstić information content (AvgIpc) is 3.12. The molecule has 0 radical (unpaired) electrons. The van der Waals surface area contributed by atoms with E-state index in [1.54, 1.807) is 6.07 Å². The third-order valence-electron chi connectivity index (χ3n) is 4.01. The smallest absolute Gasteiger partial charge is 0.298 e. The number of halogens is 2. The topological polar surface area (TPSA) is 150 Å². The van der Waals surface area contributed by atoms with Crippen LogP contribution in [-0.2, 0) is 19.6 Å². The van der Waals surface area contributed by atoms with E-state index >= 15 is 0 Å². The van der Waals surface area contributed by atoms with Crippen LogP contribution < -0.4 is 20.9 Å². The van der Waals surface area contributed by atoms with Gasteiger partial charge in [-0.25, -0.2) is 13.5 Å². The summed E-state index contributed by atoms with van der Waals surface area (Å²) in [6.45, 7) is 1.29. The number of amides is 2. The van der Waals surface area contributed by atoms with Crippen LogP contribution in [0.1, 0.15) is 6.92 Å². The van der Waals surface area contributed by atoms with E-state index in [9.17, 15) is 26.8 Å². The van der Waals surface area contributed by atoms with Crippen LogP contribution >= 0.6 is 12.2 Å². The highest BCUT2D eigenvalue weighted by atomic mass is 32.2. The Kier molecular flexibility index (Phi) is 7.03. The highest BCUT2D eigenvalue weighted by molar-refractivity contribution is 7.92. The Bertz CT molecular complexity index is 1340. The summed E-state index contributed by atoms with van der Waals surface area (Å²) in [6.07, 6.45) is -3.18. The van der Waals surface area contributed by atoms with Gasteiger partial charge in [0, 0.05) is 12.6 Å². The van der Waals surface area contributed by atoms with Gasteiger partial charge in [0.1, 0.15) is 0 Å². The molecule has 11 nitrogen and oxygen atoms in total. The third-order valence-corrected chi connectivity index (χ3v) is 5.66. The van der Waals surface area contributed by atoms with Gasteiger partial charge < -0.3 is 0 Å². The predicted octanol–water partition coefficient (Wildman–Crippen LogP) is 2.40. The molecule has 0 spiro atoms. The van der Waals surface area contributed by atoms with E-state index in [4.69, 9.17) is 12.2 Å². The lowest BCUT2D eigenvalue weighted by Crippen LogP contribution is -2.34. The quantitative estimate of drug-likeness (QED) is 0.237. The van der Waals surface area contributed by atoms with Crippen LogP contribution in [0.4, 0.5) is 26.1 Å². The molecule has 5 N–H and O–H groups in total. The second kappa shape index (κ2) is 9.74. The number of hydrazine groups is 1. The number of nitrogens with one attached hydrogen (secondary N) is 5. The number of hydrogen-bond donors (Lipinski definition) is 5. The van der Waals surface area contributed by atoms with Gasteiger partial charge in [-0.15, -0.1) is 5.10 Å². The molecule has 0 saturated heterocycles. The third kappa shape index (κ3) is 5.89. The lowest BCUT2D eigenvalue weighted by atomic mass is 10.3. The van der Waals surface area contributed by atoms with Gasteiger partial charge in [-0.05, 0) is 54.7 Å². The van der Waals surface area contributed by atoms with Gasteiger partial charge in [0.25, 0.3) is 10.0 Å². The zero-order valence-corrected chi connectivity index (χ0v) is 18.4. The van der Waals surface area contributed by atoms with Gasteiger partial charge in [-0.3, -0.25) is 35.0 Å². The molecule has 3 aromatic rings. The number of aromatic amines is 1. The summed E-state index contributed by atoms with van der Waals surface area (Å²) in [7, 11) is -4.03. The van der Waals surface area contributed by atoms with Gasteiger partial charge in [-0.2, -0.15) is 8.78 Å². The Hall–Kier alpha value is -3.85. The summed E-state index contributed by atoms with van der Waals surface area (Å²) >= 11 is 5.17. The van der Waals surface area contributed by atoms with Crippen molar-refractivity contribution in [3.05, 3.63) is 53.3 Å². The van der Waals surface area contributed by atoms with Crippen molar-refractivity contribution in [3.8, 4) is 5.69 Å². The van der Waals surface area contributed by atoms with E-state index in [1.165, 1.54) is 54.0 Å². The van der Waals surface area contributed by atoms with E-state index in [1.807, 2.05) is 5.43 Å². The molecule has 1 aromatic heterocycles. The van der Waals surface area contributed by atoms with Gasteiger partial charge in [0.05, 0.1) is 16.3 Å². The van der Waals surface area contributed by atoms with Gasteiger partial charge in [-0.1, -0.05) is 6.07 Å². The second-order valence-corrected chi connectivity index (χ2v) is 8.53. The molecule has 2 amide bonds. The van der Waals surface area contributed by atoms with Crippen LogP contribution in [0.5, 0.6) is 0 Å². The van der Waals surface area contributed by atoms with Crippen molar-refractivity contribution in [2.24, 2.45) is 0 Å². The Balaban J connectivity index is 1.79. The fourth-order valence-electron chi connectivity index (χ4n) is 2.59. The summed E-state index contributed by atoms with van der Waals surface area (Å²) < 4.78 is 54.0. The van der Waals surface area contributed by atoms with Gasteiger partial charge in [0.15, 0.2) is 0 Å². The maximum Gasteiger partial charge on any atom is 0.317 e. The van der Waals surface area contributed by atoms with Crippen LogP contribution in [-0.4, -0.2) is 41.4 Å². The van der Waals surface area contributed by atoms with E-state index in [0.29, 0.717) is 5.69 Å². The molecule has 1 heterocycles. The molecule has 174 valence electrons. The van der Waals surface area contributed by atoms with Crippen molar-refractivity contribution in [3.63, 3.8) is 0 Å². The molecule has 0 unspecified atom stereocenters. The zero-order valence-electron chi connectivity index (χ0n) is 16.8. The Morgan fingerprint density at radius 3 is 2.42 bits per heavy atom. The molecular weight excluding hydrogens is 480 g/mol. The molecule has 0 bridgehead atoms. The Labute approximate surface area is 191 Å². The zero-order chi connectivity index (χ0) is 24.2. The van der Waals surface area contributed by atoms with Crippen LogP contribution in [0, 0.1) is 4.77 Å². The normalized spacial score (nSPS) is 11.2. The molecular formula is C18H17F2N7O4S2. The number of aromatic nitrogens is 3. The number of H-pyrrole nitrogens is 1. The first-order valence-corrected chi connectivity index (χ1v) is 11.0. The molecule has 0 aliphatic carbocycles. The summed E-state index contributed by atoms with van der Waals surface area (Å²) in [5.74, 6) is -1.79. The second-order valence-electron chi connectivity index (χ2n) is 6.46. The van der Waals surface area contributed by atoms with E-state index in [0.717, 1.165) is 0 Å². The Morgan fingerprint density at radius 1 is 1.12 bits per heavy atom. The lowest BCUT2D eigenvalue weighted by Gasteiger charge is -2.12. The first-order valence-electron chi connectivity index (χ1n) is 9.09. The highest BCUT2D eigenvalue weighted by Crippen LogP contribution is 2.22. The lowest BCUT2D eigenvalue weighted by molar-refractivity contribution is -0.131. The van der Waals surface area contributed by atoms with Gasteiger partial charge >= 0.3 is 12.3 Å². The minimum absolute atomic E-state index is 0.0942. The number of alkyl halides is 2. The minimum Gasteiger partial charge on any atom is -0.298 e. The number of rotatable bonds is 8. The van der Waals surface area contributed by atoms with Crippen LogP contribution in [0.2, 0.25) is 0 Å². The first kappa shape index (κ1) is 23.8. The number of hydrogen-bond acceptors (Lipinski definition) is 7. The summed E-state index contributed by atoms with van der Waals surface area (Å²) in [5, 5.41) is 8.94. The van der Waals surface area contributed by atoms with Crippen LogP contribution in [0.25, 0.3) is 5.69 Å². The van der Waals surface area contributed by atoms with E-state index < -0.39 is 22.4 Å². The average molecular weight is 498 g/mol. The van der Waals surface area contributed by atoms with Gasteiger partial charge in [0.2, 0.25) is 16.6 Å². The standard InChI is InChI=1S/C18H17F2N7O4S2/c1-10(28)21-17-24-25-18(32)27(17)13-3-2-4-14(9-13)33(30,31)26-12-7-5-11(6-8-12)22-23-16(29)15(19)20/h2-9,15,22,26H,1H3,(H,23,29)(H,25,32)(H,21,24,28). The molecule has 0 saturated carbocycles. The number of sulfonamides is 1. The first-order chi connectivity index (χ1) is 15.6. The van der Waals surface area contributed by atoms with Crippen molar-refractivity contribution in [1.29, 1.82) is 0 Å². The summed E-state index contributed by atoms with van der Waals surface area (Å²) in [6, 6.07) is 11.3. The Morgan fingerprint density at radius 2 is 1.79 bits per heavy atom. The number of carbonyl (C=O) groups is 2. The van der Waals surface area contributed by atoms with Crippen molar-refractivity contribution in [1.82, 2.24) is 20.2 Å². The van der Waals surface area contributed by atoms with Crippen LogP contribution in [0.15, 0.2) is 53.4 Å². The minimum atomic E-state index is -4.03. The maximum atomic E-state index is 12.9. The van der Waals surface area contributed by atoms with Crippen LogP contribution in [0.3, 0.4) is 0 Å². The van der Waals surface area contributed by atoms with Crippen molar-refractivity contribution < 1.29 is 26.8 Å².